The highest BCUT2D eigenvalue weighted by molar-refractivity contribution is 7.86. The number of nitrogens with zero attached hydrogens (tertiary/aromatic N) is 2. The van der Waals surface area contributed by atoms with E-state index in [0.29, 0.717) is 18.0 Å². The number of hydrogen-bond donors (Lipinski definition) is 1. The van der Waals surface area contributed by atoms with Crippen molar-refractivity contribution in [3.8, 4) is 0 Å². The van der Waals surface area contributed by atoms with Crippen molar-refractivity contribution < 1.29 is 22.5 Å². The van der Waals surface area contributed by atoms with Gasteiger partial charge < -0.3 is 14.5 Å². The molecule has 1 aromatic carbocycles. The van der Waals surface area contributed by atoms with Crippen molar-refractivity contribution in [1.82, 2.24) is 9.80 Å². The minimum absolute atomic E-state index is 0.118. The van der Waals surface area contributed by atoms with Gasteiger partial charge in [0.2, 0.25) is 5.50 Å². The Morgan fingerprint density at radius 3 is 2.42 bits per heavy atom. The van der Waals surface area contributed by atoms with E-state index >= 15 is 0 Å². The third kappa shape index (κ3) is 4.60. The Bertz CT molecular complexity index is 943. The van der Waals surface area contributed by atoms with E-state index in [0.717, 1.165) is 36.4 Å². The molecule has 31 heavy (non-hydrogen) atoms. The minimum atomic E-state index is -4.33. The quantitative estimate of drug-likeness (QED) is 0.538. The van der Waals surface area contributed by atoms with Crippen molar-refractivity contribution in [2.24, 2.45) is 11.8 Å². The maximum absolute atomic E-state index is 12.5. The van der Waals surface area contributed by atoms with Crippen molar-refractivity contribution >= 4 is 16.1 Å². The second-order valence-electron chi connectivity index (χ2n) is 9.15. The first-order valence-corrected chi connectivity index (χ1v) is 12.6. The van der Waals surface area contributed by atoms with Gasteiger partial charge in [-0.05, 0) is 55.7 Å². The normalized spacial score (nSPS) is 28.8. The van der Waals surface area contributed by atoms with Crippen molar-refractivity contribution in [1.29, 1.82) is 0 Å². The number of carbonyl (C=O) groups is 1. The maximum Gasteiger partial charge on any atom is 0.337 e. The van der Waals surface area contributed by atoms with Crippen molar-refractivity contribution in [2.45, 2.75) is 70.0 Å². The molecule has 4 atom stereocenters. The van der Waals surface area contributed by atoms with Gasteiger partial charge in [-0.1, -0.05) is 37.8 Å². The van der Waals surface area contributed by atoms with Crippen LogP contribution in [0.15, 0.2) is 36.2 Å². The average molecular weight is 449 g/mol. The molecular weight excluding hydrogens is 416 g/mol. The zero-order chi connectivity index (χ0) is 22.2. The Balaban J connectivity index is 1.53. The summed E-state index contributed by atoms with van der Waals surface area (Å²) in [5.41, 5.74) is 0.993. The molecule has 1 aromatic rings. The molecule has 8 heteroatoms. The van der Waals surface area contributed by atoms with Gasteiger partial charge in [0.25, 0.3) is 0 Å². The molecule has 2 saturated carbocycles. The molecule has 0 spiro atoms. The van der Waals surface area contributed by atoms with Gasteiger partial charge >= 0.3 is 16.1 Å². The summed E-state index contributed by atoms with van der Waals surface area (Å²) in [7, 11) is -3.00. The molecule has 0 amide bonds. The Hall–Kier alpha value is -2.06. The Morgan fingerprint density at radius 2 is 1.77 bits per heavy atom. The van der Waals surface area contributed by atoms with Gasteiger partial charge in [0, 0.05) is 24.5 Å². The van der Waals surface area contributed by atoms with Crippen LogP contribution < -0.4 is 0 Å². The maximum atomic E-state index is 12.5. The number of esters is 1. The number of carbonyl (C=O) groups excluding carboxylic acids is 1. The summed E-state index contributed by atoms with van der Waals surface area (Å²) in [6.07, 6.45) is 10.1. The standard InChI is InChI=1S/C23H32N2O5S/c1-16-14-25(21-12-11-18-5-3-4-6-20(18)13-21)23(31(27,28)29)24(16)15-17-7-9-19(10-8-17)22(26)30-2/h7-10,14,18,20-21,23H,3-6,11-13,15H2,1-2H3,(H,27,28,29). The third-order valence-electron chi connectivity index (χ3n) is 7.24. The lowest BCUT2D eigenvalue weighted by Crippen LogP contribution is -2.50. The number of hydrogen-bond acceptors (Lipinski definition) is 6. The fourth-order valence-electron chi connectivity index (χ4n) is 5.67. The summed E-state index contributed by atoms with van der Waals surface area (Å²) in [6, 6.07) is 7.03. The van der Waals surface area contributed by atoms with E-state index in [1.54, 1.807) is 29.2 Å². The molecular formula is C23H32N2O5S. The highest BCUT2D eigenvalue weighted by atomic mass is 32.2. The Kier molecular flexibility index (Phi) is 6.30. The van der Waals surface area contributed by atoms with Gasteiger partial charge in [0.15, 0.2) is 0 Å². The number of allylic oxidation sites excluding steroid dienone is 1. The summed E-state index contributed by atoms with van der Waals surface area (Å²) >= 11 is 0. The third-order valence-corrected chi connectivity index (χ3v) is 8.27. The second kappa shape index (κ2) is 8.82. The van der Waals surface area contributed by atoms with Crippen LogP contribution in [-0.4, -0.2) is 47.4 Å². The molecule has 4 unspecified atom stereocenters. The predicted octanol–water partition coefficient (Wildman–Crippen LogP) is 3.98. The van der Waals surface area contributed by atoms with Crippen LogP contribution in [0.4, 0.5) is 0 Å². The molecule has 0 aromatic heterocycles. The van der Waals surface area contributed by atoms with Gasteiger partial charge in [-0.25, -0.2) is 4.79 Å². The Morgan fingerprint density at radius 1 is 1.10 bits per heavy atom. The summed E-state index contributed by atoms with van der Waals surface area (Å²) in [4.78, 5) is 15.3. The molecule has 0 radical (unpaired) electrons. The van der Waals surface area contributed by atoms with Crippen LogP contribution in [0.3, 0.4) is 0 Å². The first kappa shape index (κ1) is 22.1. The number of rotatable bonds is 5. The van der Waals surface area contributed by atoms with Gasteiger partial charge in [0.1, 0.15) is 0 Å². The number of benzene rings is 1. The van der Waals surface area contributed by atoms with Gasteiger partial charge in [-0.2, -0.15) is 8.42 Å². The molecule has 0 saturated heterocycles. The Labute approximate surface area is 184 Å². The van der Waals surface area contributed by atoms with E-state index < -0.39 is 21.6 Å². The van der Waals surface area contributed by atoms with E-state index in [1.807, 2.05) is 18.0 Å². The lowest BCUT2D eigenvalue weighted by molar-refractivity contribution is 0.0600. The zero-order valence-electron chi connectivity index (χ0n) is 18.2. The number of methoxy groups -OCH3 is 1. The molecule has 2 aliphatic carbocycles. The monoisotopic (exact) mass is 448 g/mol. The number of ether oxygens (including phenoxy) is 1. The topological polar surface area (TPSA) is 87.2 Å². The lowest BCUT2D eigenvalue weighted by Gasteiger charge is -2.44. The van der Waals surface area contributed by atoms with Crippen LogP contribution in [-0.2, 0) is 21.4 Å². The summed E-state index contributed by atoms with van der Waals surface area (Å²) in [5.74, 6) is 1.01. The van der Waals surface area contributed by atoms with Crippen LogP contribution in [0.2, 0.25) is 0 Å². The largest absolute Gasteiger partial charge is 0.465 e. The smallest absolute Gasteiger partial charge is 0.337 e. The van der Waals surface area contributed by atoms with Gasteiger partial charge in [0.05, 0.1) is 12.7 Å². The van der Waals surface area contributed by atoms with Crippen molar-refractivity contribution in [3.63, 3.8) is 0 Å². The molecule has 0 bridgehead atoms. The molecule has 2 fully saturated rings. The van der Waals surface area contributed by atoms with Crippen LogP contribution >= 0.6 is 0 Å². The van der Waals surface area contributed by atoms with E-state index in [4.69, 9.17) is 4.74 Å². The number of fused-ring (bicyclic) bond motifs is 1. The molecule has 1 N–H and O–H groups in total. The fraction of sp³-hybridized carbons (Fsp3) is 0.609. The van der Waals surface area contributed by atoms with Gasteiger partial charge in [-0.15, -0.1) is 0 Å². The van der Waals surface area contributed by atoms with E-state index in [2.05, 4.69) is 0 Å². The van der Waals surface area contributed by atoms with Gasteiger partial charge in [-0.3, -0.25) is 4.55 Å². The molecule has 170 valence electrons. The fourth-order valence-corrected chi connectivity index (χ4v) is 6.78. The molecule has 1 aliphatic heterocycles. The first-order valence-electron chi connectivity index (χ1n) is 11.1. The molecule has 4 rings (SSSR count). The lowest BCUT2D eigenvalue weighted by atomic mass is 9.69. The molecule has 1 heterocycles. The van der Waals surface area contributed by atoms with E-state index in [-0.39, 0.29) is 6.04 Å². The van der Waals surface area contributed by atoms with Crippen molar-refractivity contribution in [2.75, 3.05) is 7.11 Å². The second-order valence-corrected chi connectivity index (χ2v) is 10.6. The average Bonchev–Trinajstić information content (AvgIpc) is 3.09. The minimum Gasteiger partial charge on any atom is -0.465 e. The van der Waals surface area contributed by atoms with E-state index in [9.17, 15) is 17.8 Å². The highest BCUT2D eigenvalue weighted by Crippen LogP contribution is 2.44. The summed E-state index contributed by atoms with van der Waals surface area (Å²) < 4.78 is 39.8. The molecule has 7 nitrogen and oxygen atoms in total. The summed E-state index contributed by atoms with van der Waals surface area (Å²) in [5, 5.41) is 0. The van der Waals surface area contributed by atoms with Crippen molar-refractivity contribution in [3.05, 3.63) is 47.3 Å². The van der Waals surface area contributed by atoms with Crippen LogP contribution in [0.5, 0.6) is 0 Å². The predicted molar refractivity (Wildman–Crippen MR) is 117 cm³/mol. The van der Waals surface area contributed by atoms with Crippen LogP contribution in [0.25, 0.3) is 0 Å². The summed E-state index contributed by atoms with van der Waals surface area (Å²) in [6.45, 7) is 2.21. The first-order chi connectivity index (χ1) is 14.8. The van der Waals surface area contributed by atoms with Crippen LogP contribution in [0.1, 0.15) is 67.8 Å². The van der Waals surface area contributed by atoms with Crippen LogP contribution in [0, 0.1) is 11.8 Å². The highest BCUT2D eigenvalue weighted by Gasteiger charge is 2.45. The molecule has 3 aliphatic rings. The SMILES string of the molecule is COC(=O)c1ccc(CN2C(C)=CN(C3CCC4CCCCC4C3)C2S(=O)(=O)O)cc1. The van der Waals surface area contributed by atoms with E-state index in [1.165, 1.54) is 32.8 Å². The zero-order valence-corrected chi connectivity index (χ0v) is 19.1.